The van der Waals surface area contributed by atoms with Crippen molar-refractivity contribution in [2.24, 2.45) is 0 Å². The first-order chi connectivity index (χ1) is 10.9. The summed E-state index contributed by atoms with van der Waals surface area (Å²) in [5.74, 6) is -0.620. The van der Waals surface area contributed by atoms with E-state index in [1.165, 1.54) is 30.3 Å². The minimum atomic E-state index is -3.79. The van der Waals surface area contributed by atoms with Crippen LogP contribution < -0.4 is 4.72 Å². The number of benzene rings is 2. The Bertz CT molecular complexity index is 816. The van der Waals surface area contributed by atoms with Gasteiger partial charge in [0.2, 0.25) is 0 Å². The van der Waals surface area contributed by atoms with Gasteiger partial charge in [-0.1, -0.05) is 24.8 Å². The zero-order chi connectivity index (χ0) is 16.9. The highest BCUT2D eigenvalue weighted by molar-refractivity contribution is 14.1. The Kier molecular flexibility index (Phi) is 5.78. The molecule has 2 aromatic rings. The van der Waals surface area contributed by atoms with Crippen LogP contribution in [0.1, 0.15) is 10.4 Å². The van der Waals surface area contributed by atoms with Gasteiger partial charge in [-0.05, 0) is 59.0 Å². The fourth-order valence-electron chi connectivity index (χ4n) is 1.78. The summed E-state index contributed by atoms with van der Waals surface area (Å²) in [5, 5.41) is 0. The second kappa shape index (κ2) is 7.60. The van der Waals surface area contributed by atoms with E-state index in [4.69, 9.17) is 4.74 Å². The van der Waals surface area contributed by atoms with Gasteiger partial charge >= 0.3 is 5.97 Å². The van der Waals surface area contributed by atoms with E-state index in [1.807, 2.05) is 0 Å². The predicted octanol–water partition coefficient (Wildman–Crippen LogP) is 3.43. The number of hydrogen-bond donors (Lipinski definition) is 1. The Hall–Kier alpha value is -1.87. The maximum Gasteiger partial charge on any atom is 0.340 e. The van der Waals surface area contributed by atoms with E-state index < -0.39 is 16.0 Å². The fraction of sp³-hybridized carbons (Fsp3) is 0.0625. The Morgan fingerprint density at radius 2 is 1.83 bits per heavy atom. The van der Waals surface area contributed by atoms with Crippen LogP contribution in [0.25, 0.3) is 0 Å². The maximum atomic E-state index is 12.4. The predicted molar refractivity (Wildman–Crippen MR) is 96.9 cm³/mol. The summed E-state index contributed by atoms with van der Waals surface area (Å²) in [6.07, 6.45) is 1.44. The molecule has 0 amide bonds. The third-order valence-electron chi connectivity index (χ3n) is 2.85. The van der Waals surface area contributed by atoms with Crippen LogP contribution in [-0.2, 0) is 14.8 Å². The van der Waals surface area contributed by atoms with Crippen molar-refractivity contribution in [3.8, 4) is 0 Å². The molecule has 0 aliphatic rings. The summed E-state index contributed by atoms with van der Waals surface area (Å²) in [4.78, 5) is 12.1. The summed E-state index contributed by atoms with van der Waals surface area (Å²) in [5.41, 5.74) is 0.309. The van der Waals surface area contributed by atoms with Gasteiger partial charge in [-0.2, -0.15) is 0 Å². The maximum absolute atomic E-state index is 12.4. The Morgan fingerprint density at radius 1 is 1.17 bits per heavy atom. The second-order valence-electron chi connectivity index (χ2n) is 4.49. The molecule has 0 aliphatic carbocycles. The smallest absolute Gasteiger partial charge is 0.340 e. The van der Waals surface area contributed by atoms with Crippen LogP contribution in [0.3, 0.4) is 0 Å². The highest BCUT2D eigenvalue weighted by Gasteiger charge is 2.19. The van der Waals surface area contributed by atoms with E-state index in [1.54, 1.807) is 24.3 Å². The number of nitrogens with one attached hydrogen (secondary N) is 1. The average molecular weight is 443 g/mol. The van der Waals surface area contributed by atoms with Gasteiger partial charge in [-0.25, -0.2) is 13.2 Å². The van der Waals surface area contributed by atoms with Crippen LogP contribution in [-0.4, -0.2) is 21.0 Å². The van der Waals surface area contributed by atoms with Crippen LogP contribution in [0.5, 0.6) is 0 Å². The number of anilines is 1. The monoisotopic (exact) mass is 443 g/mol. The molecule has 2 aromatic carbocycles. The summed E-state index contributed by atoms with van der Waals surface area (Å²) in [7, 11) is -3.79. The lowest BCUT2D eigenvalue weighted by molar-refractivity contribution is 0.0551. The molecule has 5 nitrogen and oxygen atoms in total. The molecule has 0 unspecified atom stereocenters. The molecule has 1 N–H and O–H groups in total. The van der Waals surface area contributed by atoms with Crippen molar-refractivity contribution in [3.05, 3.63) is 70.3 Å². The number of sulfonamides is 1. The number of halogens is 1. The molecule has 0 saturated heterocycles. The normalized spacial score (nSPS) is 10.8. The van der Waals surface area contributed by atoms with Crippen LogP contribution in [0.15, 0.2) is 66.1 Å². The molecule has 0 aromatic heterocycles. The zero-order valence-corrected chi connectivity index (χ0v) is 15.0. The number of para-hydroxylation sites is 1. The quantitative estimate of drug-likeness (QED) is 0.422. The summed E-state index contributed by atoms with van der Waals surface area (Å²) < 4.78 is 33.1. The summed E-state index contributed by atoms with van der Waals surface area (Å²) in [6.45, 7) is 3.52. The standard InChI is InChI=1S/C16H14INO4S/c1-2-11-22-16(19)14-5-3-4-6-15(14)18-23(20,21)13-9-7-12(17)8-10-13/h2-10,18H,1,11H2. The van der Waals surface area contributed by atoms with Crippen molar-refractivity contribution in [1.82, 2.24) is 0 Å². The van der Waals surface area contributed by atoms with E-state index in [2.05, 4.69) is 33.9 Å². The highest BCUT2D eigenvalue weighted by Crippen LogP contribution is 2.21. The molecular weight excluding hydrogens is 429 g/mol. The molecule has 120 valence electrons. The number of ether oxygens (including phenoxy) is 1. The Balaban J connectivity index is 2.31. The van der Waals surface area contributed by atoms with Gasteiger partial charge in [0.05, 0.1) is 16.1 Å². The first-order valence-corrected chi connectivity index (χ1v) is 9.15. The molecule has 0 aliphatic heterocycles. The molecule has 0 saturated carbocycles. The fourth-order valence-corrected chi connectivity index (χ4v) is 3.22. The lowest BCUT2D eigenvalue weighted by Crippen LogP contribution is -2.16. The van der Waals surface area contributed by atoms with E-state index in [9.17, 15) is 13.2 Å². The Morgan fingerprint density at radius 3 is 2.48 bits per heavy atom. The van der Waals surface area contributed by atoms with E-state index in [-0.39, 0.29) is 22.8 Å². The molecule has 0 heterocycles. The van der Waals surface area contributed by atoms with Gasteiger partial charge < -0.3 is 4.74 Å². The van der Waals surface area contributed by atoms with Gasteiger partial charge in [0.1, 0.15) is 6.61 Å². The second-order valence-corrected chi connectivity index (χ2v) is 7.42. The molecule has 0 bridgehead atoms. The van der Waals surface area contributed by atoms with Gasteiger partial charge in [0, 0.05) is 3.57 Å². The zero-order valence-electron chi connectivity index (χ0n) is 12.0. The van der Waals surface area contributed by atoms with Crippen LogP contribution in [0.2, 0.25) is 0 Å². The molecule has 0 atom stereocenters. The topological polar surface area (TPSA) is 72.5 Å². The molecule has 0 radical (unpaired) electrons. The summed E-state index contributed by atoms with van der Waals surface area (Å²) >= 11 is 2.09. The number of rotatable bonds is 6. The lowest BCUT2D eigenvalue weighted by Gasteiger charge is -2.12. The SMILES string of the molecule is C=CCOC(=O)c1ccccc1NS(=O)(=O)c1ccc(I)cc1. The molecular formula is C16H14INO4S. The number of carbonyl (C=O) groups is 1. The van der Waals surface area contributed by atoms with Crippen LogP contribution in [0.4, 0.5) is 5.69 Å². The van der Waals surface area contributed by atoms with Crippen molar-refractivity contribution >= 4 is 44.3 Å². The van der Waals surface area contributed by atoms with Crippen LogP contribution >= 0.6 is 22.6 Å². The van der Waals surface area contributed by atoms with Crippen molar-refractivity contribution in [1.29, 1.82) is 0 Å². The minimum Gasteiger partial charge on any atom is -0.458 e. The van der Waals surface area contributed by atoms with Crippen molar-refractivity contribution < 1.29 is 17.9 Å². The highest BCUT2D eigenvalue weighted by atomic mass is 127. The third-order valence-corrected chi connectivity index (χ3v) is 4.95. The molecule has 0 fully saturated rings. The van der Waals surface area contributed by atoms with E-state index >= 15 is 0 Å². The summed E-state index contributed by atoms with van der Waals surface area (Å²) in [6, 6.07) is 12.7. The van der Waals surface area contributed by atoms with Gasteiger partial charge in [-0.3, -0.25) is 4.72 Å². The van der Waals surface area contributed by atoms with Gasteiger partial charge in [0.25, 0.3) is 10.0 Å². The lowest BCUT2D eigenvalue weighted by atomic mass is 10.2. The minimum absolute atomic E-state index is 0.0526. The van der Waals surface area contributed by atoms with Crippen molar-refractivity contribution in [2.75, 3.05) is 11.3 Å². The molecule has 2 rings (SSSR count). The Labute approximate surface area is 148 Å². The van der Waals surface area contributed by atoms with E-state index in [0.29, 0.717) is 0 Å². The number of esters is 1. The van der Waals surface area contributed by atoms with Gasteiger partial charge in [0.15, 0.2) is 0 Å². The van der Waals surface area contributed by atoms with Gasteiger partial charge in [-0.15, -0.1) is 0 Å². The molecule has 23 heavy (non-hydrogen) atoms. The van der Waals surface area contributed by atoms with Crippen LogP contribution in [0, 0.1) is 3.57 Å². The van der Waals surface area contributed by atoms with Crippen molar-refractivity contribution in [3.63, 3.8) is 0 Å². The number of carbonyl (C=O) groups excluding carboxylic acids is 1. The molecule has 7 heteroatoms. The molecule has 0 spiro atoms. The van der Waals surface area contributed by atoms with E-state index in [0.717, 1.165) is 3.57 Å². The van der Waals surface area contributed by atoms with Crippen molar-refractivity contribution in [2.45, 2.75) is 4.90 Å². The first kappa shape index (κ1) is 17.5. The number of hydrogen-bond acceptors (Lipinski definition) is 4. The third kappa shape index (κ3) is 4.55. The first-order valence-electron chi connectivity index (χ1n) is 6.59. The largest absolute Gasteiger partial charge is 0.458 e. The average Bonchev–Trinajstić information content (AvgIpc) is 2.53.